The first kappa shape index (κ1) is 22.9. The molecular formula is C19H16ClF3N2O5S. The molecule has 3 rings (SSSR count). The van der Waals surface area contributed by atoms with Crippen LogP contribution in [0.2, 0.25) is 5.15 Å². The second-order valence-corrected chi connectivity index (χ2v) is 8.57. The molecule has 0 aliphatic rings. The minimum Gasteiger partial charge on any atom is -0.469 e. The third-order valence-corrected chi connectivity index (χ3v) is 6.24. The average Bonchev–Trinajstić information content (AvgIpc) is 3.04. The fraction of sp³-hybridized carbons (Fsp3) is 0.263. The van der Waals surface area contributed by atoms with Gasteiger partial charge < -0.3 is 9.47 Å². The summed E-state index contributed by atoms with van der Waals surface area (Å²) < 4.78 is 73.8. The summed E-state index contributed by atoms with van der Waals surface area (Å²) >= 11 is 5.90. The van der Waals surface area contributed by atoms with Gasteiger partial charge in [0.25, 0.3) is 10.0 Å². The maximum absolute atomic E-state index is 13.4. The molecule has 2 aromatic heterocycles. The number of methoxy groups -OCH3 is 1. The van der Waals surface area contributed by atoms with E-state index in [0.29, 0.717) is 0 Å². The number of nitrogens with zero attached hydrogens (tertiary/aromatic N) is 2. The topological polar surface area (TPSA) is 87.5 Å². The summed E-state index contributed by atoms with van der Waals surface area (Å²) in [5, 5.41) is 0.142. The summed E-state index contributed by atoms with van der Waals surface area (Å²) in [6, 6.07) is 8.44. The van der Waals surface area contributed by atoms with Gasteiger partial charge in [-0.25, -0.2) is 17.4 Å². The summed E-state index contributed by atoms with van der Waals surface area (Å²) in [5.74, 6) is -1.12. The Hall–Kier alpha value is -2.79. The fourth-order valence-corrected chi connectivity index (χ4v) is 4.75. The predicted molar refractivity (Wildman–Crippen MR) is 105 cm³/mol. The summed E-state index contributed by atoms with van der Waals surface area (Å²) in [6.45, 7) is 0. The van der Waals surface area contributed by atoms with Gasteiger partial charge in [-0.3, -0.25) is 4.79 Å². The van der Waals surface area contributed by atoms with Gasteiger partial charge in [0.05, 0.1) is 23.0 Å². The molecule has 0 saturated carbocycles. The zero-order chi connectivity index (χ0) is 22.8. The van der Waals surface area contributed by atoms with E-state index in [9.17, 15) is 26.4 Å². The van der Waals surface area contributed by atoms with E-state index in [1.807, 2.05) is 0 Å². The van der Waals surface area contributed by atoms with E-state index < -0.39 is 33.0 Å². The highest BCUT2D eigenvalue weighted by Gasteiger charge is 2.32. The quantitative estimate of drug-likeness (QED) is 0.373. The number of aromatic nitrogens is 2. The van der Waals surface area contributed by atoms with Crippen molar-refractivity contribution in [3.63, 3.8) is 0 Å². The van der Waals surface area contributed by atoms with Gasteiger partial charge in [0.15, 0.2) is 0 Å². The van der Waals surface area contributed by atoms with Crippen molar-refractivity contribution < 1.29 is 35.9 Å². The molecule has 3 aromatic rings. The van der Waals surface area contributed by atoms with Crippen molar-refractivity contribution in [3.05, 3.63) is 53.3 Å². The molecule has 0 fully saturated rings. The van der Waals surface area contributed by atoms with Gasteiger partial charge in [-0.05, 0) is 43.2 Å². The molecule has 1 aromatic carbocycles. The average molecular weight is 477 g/mol. The highest BCUT2D eigenvalue weighted by atomic mass is 35.5. The van der Waals surface area contributed by atoms with Crippen LogP contribution in [0.4, 0.5) is 13.2 Å². The Balaban J connectivity index is 2.08. The number of alkyl halides is 3. The first-order valence-corrected chi connectivity index (χ1v) is 10.7. The van der Waals surface area contributed by atoms with Crippen molar-refractivity contribution in [1.29, 1.82) is 0 Å². The number of fused-ring (bicyclic) bond motifs is 1. The van der Waals surface area contributed by atoms with Crippen molar-refractivity contribution in [2.24, 2.45) is 0 Å². The van der Waals surface area contributed by atoms with E-state index in [1.165, 1.54) is 25.3 Å². The second-order valence-electron chi connectivity index (χ2n) is 6.40. The minimum atomic E-state index is -4.97. The lowest BCUT2D eigenvalue weighted by atomic mass is 10.2. The van der Waals surface area contributed by atoms with Gasteiger partial charge in [-0.2, -0.15) is 0 Å². The lowest BCUT2D eigenvalue weighted by Crippen LogP contribution is -2.19. The van der Waals surface area contributed by atoms with Crippen molar-refractivity contribution in [2.75, 3.05) is 7.11 Å². The number of aryl methyl sites for hydroxylation is 1. The van der Waals surface area contributed by atoms with Crippen molar-refractivity contribution in [3.8, 4) is 5.75 Å². The molecule has 0 bridgehead atoms. The van der Waals surface area contributed by atoms with Crippen LogP contribution in [0.15, 0.2) is 47.4 Å². The van der Waals surface area contributed by atoms with Gasteiger partial charge in [-0.15, -0.1) is 13.2 Å². The molecule has 0 atom stereocenters. The number of ether oxygens (including phenoxy) is 2. The Kier molecular flexibility index (Phi) is 6.46. The van der Waals surface area contributed by atoms with Crippen LogP contribution in [0, 0.1) is 0 Å². The molecule has 7 nitrogen and oxygen atoms in total. The normalized spacial score (nSPS) is 12.2. The first-order valence-electron chi connectivity index (χ1n) is 8.86. The first-order chi connectivity index (χ1) is 14.5. The molecule has 166 valence electrons. The van der Waals surface area contributed by atoms with Crippen molar-refractivity contribution >= 4 is 38.6 Å². The Morgan fingerprint density at radius 2 is 1.94 bits per heavy atom. The number of pyridine rings is 1. The molecule has 12 heteroatoms. The summed E-state index contributed by atoms with van der Waals surface area (Å²) in [6.07, 6.45) is -4.46. The fourth-order valence-electron chi connectivity index (χ4n) is 3.00. The largest absolute Gasteiger partial charge is 0.573 e. The van der Waals surface area contributed by atoms with E-state index in [0.717, 1.165) is 28.2 Å². The van der Waals surface area contributed by atoms with Gasteiger partial charge in [0.1, 0.15) is 10.9 Å². The van der Waals surface area contributed by atoms with Crippen LogP contribution >= 0.6 is 11.6 Å². The lowest BCUT2D eigenvalue weighted by Gasteiger charge is -2.14. The third-order valence-electron chi connectivity index (χ3n) is 4.27. The summed E-state index contributed by atoms with van der Waals surface area (Å²) in [4.78, 5) is 15.1. The number of hydrogen-bond acceptors (Lipinski definition) is 6. The van der Waals surface area contributed by atoms with Crippen LogP contribution < -0.4 is 4.74 Å². The number of rotatable bonds is 7. The Labute approximate surface area is 180 Å². The van der Waals surface area contributed by atoms with Crippen LogP contribution in [0.25, 0.3) is 11.0 Å². The zero-order valence-corrected chi connectivity index (χ0v) is 17.6. The van der Waals surface area contributed by atoms with Gasteiger partial charge in [0, 0.05) is 18.2 Å². The van der Waals surface area contributed by atoms with E-state index in [1.54, 1.807) is 0 Å². The Bertz CT molecular complexity index is 1220. The number of benzene rings is 1. The molecule has 0 radical (unpaired) electrons. The molecule has 0 spiro atoms. The Morgan fingerprint density at radius 3 is 2.61 bits per heavy atom. The molecule has 0 aliphatic heterocycles. The summed E-state index contributed by atoms with van der Waals surface area (Å²) in [5.41, 5.74) is 0.766. The summed E-state index contributed by atoms with van der Waals surface area (Å²) in [7, 11) is -3.09. The molecule has 0 amide bonds. The Morgan fingerprint density at radius 1 is 1.19 bits per heavy atom. The number of carbonyl (C=O) groups is 1. The molecule has 31 heavy (non-hydrogen) atoms. The number of carbonyl (C=O) groups excluding carboxylic acids is 1. The van der Waals surface area contributed by atoms with Gasteiger partial charge in [0.2, 0.25) is 0 Å². The number of hydrogen-bond donors (Lipinski definition) is 0. The molecule has 0 saturated heterocycles. The highest BCUT2D eigenvalue weighted by molar-refractivity contribution is 7.90. The number of halogens is 4. The lowest BCUT2D eigenvalue weighted by molar-refractivity contribution is -0.274. The maximum atomic E-state index is 13.4. The highest BCUT2D eigenvalue weighted by Crippen LogP contribution is 2.30. The van der Waals surface area contributed by atoms with Crippen molar-refractivity contribution in [2.45, 2.75) is 30.5 Å². The molecule has 0 unspecified atom stereocenters. The number of esters is 1. The second kappa shape index (κ2) is 8.75. The standard InChI is InChI=1S/C19H16ClF3N2O5S/c1-29-18(26)7-2-4-12-10-15-16(8-9-17(20)24-15)25(12)31(27,28)14-6-3-5-13(11-14)30-19(21,22)23/h3,5-6,8-11H,2,4,7H2,1H3. The predicted octanol–water partition coefficient (Wildman–Crippen LogP) is 4.32. The van der Waals surface area contributed by atoms with E-state index in [4.69, 9.17) is 11.6 Å². The van der Waals surface area contributed by atoms with E-state index in [-0.39, 0.29) is 41.1 Å². The van der Waals surface area contributed by atoms with Crippen LogP contribution in [-0.4, -0.2) is 36.8 Å². The zero-order valence-electron chi connectivity index (χ0n) is 16.0. The SMILES string of the molecule is COC(=O)CCCc1cc2nc(Cl)ccc2n1S(=O)(=O)c1cccc(OC(F)(F)F)c1. The molecule has 0 aliphatic carbocycles. The monoisotopic (exact) mass is 476 g/mol. The van der Waals surface area contributed by atoms with Crippen LogP contribution in [-0.2, 0) is 26.0 Å². The minimum absolute atomic E-state index is 0.0567. The van der Waals surface area contributed by atoms with Gasteiger partial charge >= 0.3 is 12.3 Å². The van der Waals surface area contributed by atoms with Crippen LogP contribution in [0.3, 0.4) is 0 Å². The maximum Gasteiger partial charge on any atom is 0.573 e. The third kappa shape index (κ3) is 5.28. The van der Waals surface area contributed by atoms with Crippen LogP contribution in [0.5, 0.6) is 5.75 Å². The van der Waals surface area contributed by atoms with Gasteiger partial charge in [-0.1, -0.05) is 17.7 Å². The molecule has 2 heterocycles. The van der Waals surface area contributed by atoms with Crippen molar-refractivity contribution in [1.82, 2.24) is 8.96 Å². The smallest absolute Gasteiger partial charge is 0.469 e. The van der Waals surface area contributed by atoms with E-state index >= 15 is 0 Å². The molecule has 0 N–H and O–H groups in total. The molecular weight excluding hydrogens is 461 g/mol. The van der Waals surface area contributed by atoms with Crippen LogP contribution in [0.1, 0.15) is 18.5 Å². The van der Waals surface area contributed by atoms with E-state index in [2.05, 4.69) is 14.5 Å².